The van der Waals surface area contributed by atoms with Crippen molar-refractivity contribution in [2.75, 3.05) is 58.0 Å². The van der Waals surface area contributed by atoms with Gasteiger partial charge in [0.2, 0.25) is 5.95 Å². The quantitative estimate of drug-likeness (QED) is 0.436. The van der Waals surface area contributed by atoms with Gasteiger partial charge in [-0.25, -0.2) is 9.97 Å². The van der Waals surface area contributed by atoms with Gasteiger partial charge in [-0.15, -0.1) is 0 Å². The Kier molecular flexibility index (Phi) is 7.86. The van der Waals surface area contributed by atoms with E-state index in [9.17, 15) is 0 Å². The van der Waals surface area contributed by atoms with Crippen LogP contribution in [0.3, 0.4) is 0 Å². The van der Waals surface area contributed by atoms with Gasteiger partial charge >= 0.3 is 0 Å². The molecule has 0 spiro atoms. The zero-order chi connectivity index (χ0) is 25.6. The summed E-state index contributed by atoms with van der Waals surface area (Å²) in [5, 5.41) is 3.53. The van der Waals surface area contributed by atoms with E-state index < -0.39 is 0 Å². The number of rotatable bonds is 5. The molecule has 6 rings (SSSR count). The van der Waals surface area contributed by atoms with Gasteiger partial charge in [0, 0.05) is 29.9 Å². The molecular formula is C31H38N4O3. The number of hydrogen-bond acceptors (Lipinski definition) is 7. The van der Waals surface area contributed by atoms with Crippen molar-refractivity contribution in [2.24, 2.45) is 11.3 Å². The van der Waals surface area contributed by atoms with Gasteiger partial charge in [-0.3, -0.25) is 0 Å². The van der Waals surface area contributed by atoms with Gasteiger partial charge in [0.25, 0.3) is 0 Å². The molecule has 1 saturated heterocycles. The number of hydrogen-bond donors (Lipinski definition) is 1. The number of fused-ring (bicyclic) bond motifs is 4. The predicted molar refractivity (Wildman–Crippen MR) is 149 cm³/mol. The van der Waals surface area contributed by atoms with Crippen LogP contribution in [-0.4, -0.2) is 67.5 Å². The van der Waals surface area contributed by atoms with Crippen molar-refractivity contribution < 1.29 is 14.2 Å². The molecule has 2 aliphatic heterocycles. The number of nitrogens with zero attached hydrogens (tertiary/aromatic N) is 3. The maximum absolute atomic E-state index is 6.40. The zero-order valence-corrected chi connectivity index (χ0v) is 22.1. The Morgan fingerprint density at radius 1 is 1.11 bits per heavy atom. The molecule has 2 unspecified atom stereocenters. The first-order valence-corrected chi connectivity index (χ1v) is 14.1. The van der Waals surface area contributed by atoms with Gasteiger partial charge in [0.05, 0.1) is 44.1 Å². The molecular weight excluding hydrogens is 476 g/mol. The first-order valence-electron chi connectivity index (χ1n) is 14.1. The smallest absolute Gasteiger partial charge is 0.227 e. The second-order valence-corrected chi connectivity index (χ2v) is 10.7. The van der Waals surface area contributed by atoms with E-state index >= 15 is 0 Å². The Hall–Kier alpha value is -3.00. The summed E-state index contributed by atoms with van der Waals surface area (Å²) in [6.45, 7) is 6.64. The highest BCUT2D eigenvalue weighted by molar-refractivity contribution is 5.75. The normalized spacial score (nSPS) is 28.3. The molecule has 3 heterocycles. The Labute approximate surface area is 225 Å². The fraction of sp³-hybridized carbons (Fsp3) is 0.484. The lowest BCUT2D eigenvalue weighted by molar-refractivity contribution is 0.0753. The third-order valence-electron chi connectivity index (χ3n) is 8.02. The van der Waals surface area contributed by atoms with E-state index in [0.717, 1.165) is 60.7 Å². The third kappa shape index (κ3) is 5.85. The number of nitrogens with one attached hydrogen (secondary N) is 1. The number of likely N-dealkylation sites (tertiary alicyclic amines) is 1. The van der Waals surface area contributed by atoms with Crippen LogP contribution in [0.25, 0.3) is 5.57 Å². The average Bonchev–Trinajstić information content (AvgIpc) is 3.55. The molecule has 5 aliphatic rings. The van der Waals surface area contributed by atoms with Crippen molar-refractivity contribution in [3.8, 4) is 0 Å². The summed E-state index contributed by atoms with van der Waals surface area (Å²) in [6, 6.07) is 1.96. The summed E-state index contributed by atoms with van der Waals surface area (Å²) in [4.78, 5) is 11.9. The molecule has 7 nitrogen and oxygen atoms in total. The van der Waals surface area contributed by atoms with Crippen molar-refractivity contribution in [1.29, 1.82) is 0 Å². The van der Waals surface area contributed by atoms with E-state index in [0.29, 0.717) is 38.3 Å². The van der Waals surface area contributed by atoms with Gasteiger partial charge in [-0.1, -0.05) is 30.4 Å². The first-order chi connectivity index (χ1) is 18.8. The molecule has 1 aromatic rings. The van der Waals surface area contributed by atoms with Crippen molar-refractivity contribution in [3.63, 3.8) is 0 Å². The molecule has 3 aliphatic carbocycles. The van der Waals surface area contributed by atoms with E-state index in [1.807, 2.05) is 18.3 Å². The summed E-state index contributed by atoms with van der Waals surface area (Å²) in [5.74, 6) is 1.98. The second-order valence-electron chi connectivity index (χ2n) is 10.7. The van der Waals surface area contributed by atoms with Crippen molar-refractivity contribution in [1.82, 2.24) is 14.9 Å². The van der Waals surface area contributed by atoms with Crippen LogP contribution in [0.2, 0.25) is 0 Å². The maximum Gasteiger partial charge on any atom is 0.227 e. The van der Waals surface area contributed by atoms with Crippen LogP contribution in [-0.2, 0) is 14.2 Å². The highest BCUT2D eigenvalue weighted by Crippen LogP contribution is 2.63. The molecule has 38 heavy (non-hydrogen) atoms. The van der Waals surface area contributed by atoms with E-state index in [1.165, 1.54) is 25.9 Å². The largest absolute Gasteiger partial charge is 0.497 e. The first kappa shape index (κ1) is 25.3. The monoisotopic (exact) mass is 514 g/mol. The molecule has 1 N–H and O–H groups in total. The van der Waals surface area contributed by atoms with Gasteiger partial charge in [-0.05, 0) is 75.1 Å². The number of anilines is 1. The van der Waals surface area contributed by atoms with E-state index in [4.69, 9.17) is 19.2 Å². The van der Waals surface area contributed by atoms with Gasteiger partial charge < -0.3 is 24.4 Å². The molecule has 1 saturated carbocycles. The Morgan fingerprint density at radius 3 is 2.92 bits per heavy atom. The topological polar surface area (TPSA) is 68.7 Å². The average molecular weight is 515 g/mol. The molecule has 6 bridgehead atoms. The second kappa shape index (κ2) is 11.8. The van der Waals surface area contributed by atoms with Crippen LogP contribution in [0.5, 0.6) is 0 Å². The molecule has 2 fully saturated rings. The predicted octanol–water partition coefficient (Wildman–Crippen LogP) is 5.05. The van der Waals surface area contributed by atoms with Crippen molar-refractivity contribution >= 4 is 11.5 Å². The van der Waals surface area contributed by atoms with Crippen LogP contribution in [0, 0.1) is 11.3 Å². The number of ether oxygens (including phenoxy) is 3. The van der Waals surface area contributed by atoms with Crippen LogP contribution < -0.4 is 5.32 Å². The lowest BCUT2D eigenvalue weighted by Gasteiger charge is -2.26. The van der Waals surface area contributed by atoms with Crippen molar-refractivity contribution in [3.05, 3.63) is 83.6 Å². The lowest BCUT2D eigenvalue weighted by Crippen LogP contribution is -2.25. The summed E-state index contributed by atoms with van der Waals surface area (Å²) < 4.78 is 18.5. The molecule has 0 amide bonds. The molecule has 1 aromatic heterocycles. The molecule has 0 aromatic carbocycles. The van der Waals surface area contributed by atoms with Crippen LogP contribution in [0.15, 0.2) is 77.9 Å². The zero-order valence-electron chi connectivity index (χ0n) is 22.1. The van der Waals surface area contributed by atoms with Crippen LogP contribution in [0.1, 0.15) is 37.8 Å². The third-order valence-corrected chi connectivity index (χ3v) is 8.02. The van der Waals surface area contributed by atoms with E-state index in [1.54, 1.807) is 0 Å². The summed E-state index contributed by atoms with van der Waals surface area (Å²) in [7, 11) is 0. The Bertz CT molecular complexity index is 1190. The van der Waals surface area contributed by atoms with E-state index in [2.05, 4.69) is 57.7 Å². The summed E-state index contributed by atoms with van der Waals surface area (Å²) >= 11 is 0. The fourth-order valence-corrected chi connectivity index (χ4v) is 5.84. The fourth-order valence-electron chi connectivity index (χ4n) is 5.84. The van der Waals surface area contributed by atoms with Gasteiger partial charge in [-0.2, -0.15) is 0 Å². The maximum atomic E-state index is 6.40. The molecule has 0 radical (unpaired) electrons. The standard InChI is InChI=1S/C31H38N4O3/c1-2-9-25-20-24(8-1)22-36-17-5-6-18-37-23-31-21-26(31)28(34-30-32-13-12-27(25)33-30)10-11-29(31)38-19-7-16-35-14-3-4-15-35/h2,5-6,8-13,20,26H,1,3-4,7,14-19,21-23H2,(H,32,33,34)/b6-5+. The Balaban J connectivity index is 1.21. The van der Waals surface area contributed by atoms with Gasteiger partial charge in [0.15, 0.2) is 0 Å². The van der Waals surface area contributed by atoms with Crippen LogP contribution >= 0.6 is 0 Å². The highest BCUT2D eigenvalue weighted by Gasteiger charge is 2.61. The number of allylic oxidation sites excluding steroid dienone is 7. The van der Waals surface area contributed by atoms with Crippen LogP contribution in [0.4, 0.5) is 5.95 Å². The minimum absolute atomic E-state index is 0.121. The molecule has 2 atom stereocenters. The summed E-state index contributed by atoms with van der Waals surface area (Å²) in [5.41, 5.74) is 4.12. The minimum atomic E-state index is -0.121. The minimum Gasteiger partial charge on any atom is -0.497 e. The number of aromatic nitrogens is 2. The highest BCUT2D eigenvalue weighted by atomic mass is 16.5. The molecule has 200 valence electrons. The van der Waals surface area contributed by atoms with Crippen molar-refractivity contribution in [2.45, 2.75) is 32.1 Å². The lowest BCUT2D eigenvalue weighted by atomic mass is 9.95. The summed E-state index contributed by atoms with van der Waals surface area (Å²) in [6.07, 6.45) is 24.4. The SMILES string of the molecule is C1=CC2=CC(=CC1)COC/C=C/COCC13CC1C(=CC=C3OCCCN1CCCC1)Nc1nccc2n1. The molecule has 7 heteroatoms. The van der Waals surface area contributed by atoms with E-state index in [-0.39, 0.29) is 5.41 Å². The Morgan fingerprint density at radius 2 is 2.00 bits per heavy atom. The van der Waals surface area contributed by atoms with Gasteiger partial charge in [0.1, 0.15) is 5.76 Å².